The predicted octanol–water partition coefficient (Wildman–Crippen LogP) is 4.16. The molecule has 7 heteroatoms. The lowest BCUT2D eigenvalue weighted by Gasteiger charge is -2.36. The molecular weight excluding hydrogens is 351 g/mol. The maximum atomic E-state index is 6.50. The minimum Gasteiger partial charge on any atom is -0.348 e. The normalized spacial score (nSPS) is 23.8. The molecule has 0 radical (unpaired) electrons. The Hall–Kier alpha value is -1.17. The number of aromatic nitrogens is 2. The summed E-state index contributed by atoms with van der Waals surface area (Å²) < 4.78 is 0. The molecule has 3 heterocycles. The number of imidazole rings is 1. The first-order chi connectivity index (χ1) is 11.1. The summed E-state index contributed by atoms with van der Waals surface area (Å²) in [7, 11) is 0. The van der Waals surface area contributed by atoms with Crippen LogP contribution in [0, 0.1) is 0 Å². The zero-order chi connectivity index (χ0) is 16.0. The van der Waals surface area contributed by atoms with E-state index in [4.69, 9.17) is 28.2 Å². The molecule has 2 aromatic rings. The van der Waals surface area contributed by atoms with Crippen molar-refractivity contribution in [3.8, 4) is 0 Å². The van der Waals surface area contributed by atoms with Crippen molar-refractivity contribution in [1.82, 2.24) is 14.9 Å². The Morgan fingerprint density at radius 3 is 2.96 bits per heavy atom. The van der Waals surface area contributed by atoms with Gasteiger partial charge in [-0.2, -0.15) is 0 Å². The molecule has 2 aliphatic heterocycles. The molecule has 4 rings (SSSR count). The fraction of sp³-hybridized carbons (Fsp3) is 0.375. The quantitative estimate of drug-likeness (QED) is 0.823. The van der Waals surface area contributed by atoms with E-state index in [0.29, 0.717) is 15.3 Å². The van der Waals surface area contributed by atoms with Crippen LogP contribution in [0.3, 0.4) is 0 Å². The van der Waals surface area contributed by atoms with Crippen LogP contribution in [-0.2, 0) is 6.42 Å². The molecule has 2 aliphatic rings. The van der Waals surface area contributed by atoms with Crippen LogP contribution in [0.25, 0.3) is 0 Å². The fourth-order valence-corrected chi connectivity index (χ4v) is 4.64. The van der Waals surface area contributed by atoms with Gasteiger partial charge in [0.25, 0.3) is 0 Å². The van der Waals surface area contributed by atoms with Gasteiger partial charge in [-0.15, -0.1) is 0 Å². The van der Waals surface area contributed by atoms with Crippen molar-refractivity contribution in [2.45, 2.75) is 24.6 Å². The molecule has 2 unspecified atom stereocenters. The summed E-state index contributed by atoms with van der Waals surface area (Å²) in [5, 5.41) is 2.92. The highest BCUT2D eigenvalue weighted by atomic mass is 35.5. The number of H-pyrrole nitrogens is 1. The number of hydrogen-bond donors (Lipinski definition) is 1. The second kappa shape index (κ2) is 6.04. The van der Waals surface area contributed by atoms with Crippen LogP contribution in [0.1, 0.15) is 29.9 Å². The number of hydrogen-bond acceptors (Lipinski definition) is 4. The topological polar surface area (TPSA) is 44.3 Å². The van der Waals surface area contributed by atoms with Crippen LogP contribution in [0.2, 0.25) is 10.0 Å². The van der Waals surface area contributed by atoms with E-state index in [1.165, 1.54) is 5.69 Å². The number of nitrogens with zero attached hydrogens (tertiary/aromatic N) is 3. The highest BCUT2D eigenvalue weighted by Gasteiger charge is 2.36. The van der Waals surface area contributed by atoms with Gasteiger partial charge >= 0.3 is 0 Å². The van der Waals surface area contributed by atoms with Crippen molar-refractivity contribution in [2.24, 2.45) is 4.99 Å². The number of thioether (sulfide) groups is 1. The van der Waals surface area contributed by atoms with E-state index in [-0.39, 0.29) is 6.04 Å². The van der Waals surface area contributed by atoms with E-state index in [2.05, 4.69) is 21.8 Å². The zero-order valence-corrected chi connectivity index (χ0v) is 14.9. The van der Waals surface area contributed by atoms with Gasteiger partial charge in [0.1, 0.15) is 6.04 Å². The van der Waals surface area contributed by atoms with Crippen molar-refractivity contribution >= 4 is 40.1 Å². The zero-order valence-electron chi connectivity index (χ0n) is 12.6. The van der Waals surface area contributed by atoms with Gasteiger partial charge in [0.2, 0.25) is 0 Å². The van der Waals surface area contributed by atoms with Crippen LogP contribution in [0.15, 0.2) is 29.5 Å². The predicted molar refractivity (Wildman–Crippen MR) is 96.7 cm³/mol. The van der Waals surface area contributed by atoms with Gasteiger partial charge in [-0.1, -0.05) is 48.0 Å². The maximum Gasteiger partial charge on any atom is 0.160 e. The molecule has 0 saturated carbocycles. The molecule has 1 N–H and O–H groups in total. The largest absolute Gasteiger partial charge is 0.348 e. The Morgan fingerprint density at radius 1 is 1.35 bits per heavy atom. The summed E-state index contributed by atoms with van der Waals surface area (Å²) in [6.45, 7) is 3.97. The number of aliphatic imine (C=N–C) groups is 1. The van der Waals surface area contributed by atoms with E-state index < -0.39 is 0 Å². The lowest BCUT2D eigenvalue weighted by Crippen LogP contribution is -2.39. The highest BCUT2D eigenvalue weighted by molar-refractivity contribution is 8.14. The smallest absolute Gasteiger partial charge is 0.160 e. The Bertz CT molecular complexity index is 773. The Balaban J connectivity index is 1.81. The number of amidine groups is 1. The third kappa shape index (κ3) is 2.75. The van der Waals surface area contributed by atoms with E-state index >= 15 is 0 Å². The van der Waals surface area contributed by atoms with Gasteiger partial charge in [0.15, 0.2) is 5.17 Å². The average Bonchev–Trinajstić information content (AvgIpc) is 3.15. The summed E-state index contributed by atoms with van der Waals surface area (Å²) in [5.74, 6) is 0. The van der Waals surface area contributed by atoms with Crippen LogP contribution < -0.4 is 0 Å². The Kier molecular flexibility index (Phi) is 4.03. The number of aromatic amines is 1. The van der Waals surface area contributed by atoms with Crippen molar-refractivity contribution in [3.05, 3.63) is 51.5 Å². The number of fused-ring (bicyclic) bond motifs is 1. The number of rotatable bonds is 1. The second-order valence-corrected chi connectivity index (χ2v) is 8.08. The molecule has 0 bridgehead atoms. The highest BCUT2D eigenvalue weighted by Crippen LogP contribution is 2.40. The SMILES string of the molecule is CC1CN=C(N2CCc3[nH]cnc3C2c2ccc(Cl)cc2Cl)S1. The lowest BCUT2D eigenvalue weighted by molar-refractivity contribution is 0.338. The van der Waals surface area contributed by atoms with Gasteiger partial charge in [-0.05, 0) is 17.7 Å². The molecule has 1 aromatic carbocycles. The van der Waals surface area contributed by atoms with Gasteiger partial charge in [0, 0.05) is 34.0 Å². The molecule has 0 spiro atoms. The number of benzene rings is 1. The fourth-order valence-electron chi connectivity index (χ4n) is 3.14. The first kappa shape index (κ1) is 15.4. The minimum atomic E-state index is -0.0219. The van der Waals surface area contributed by atoms with Crippen LogP contribution in [0.5, 0.6) is 0 Å². The van der Waals surface area contributed by atoms with Gasteiger partial charge < -0.3 is 9.88 Å². The van der Waals surface area contributed by atoms with Crippen molar-refractivity contribution in [3.63, 3.8) is 0 Å². The summed E-state index contributed by atoms with van der Waals surface area (Å²) in [6.07, 6.45) is 2.70. The van der Waals surface area contributed by atoms with Gasteiger partial charge in [0.05, 0.1) is 18.6 Å². The Morgan fingerprint density at radius 2 is 2.22 bits per heavy atom. The Labute approximate surface area is 149 Å². The molecular formula is C16H16Cl2N4S. The summed E-state index contributed by atoms with van der Waals surface area (Å²) in [5.41, 5.74) is 3.23. The maximum absolute atomic E-state index is 6.50. The molecule has 23 heavy (non-hydrogen) atoms. The molecule has 0 saturated heterocycles. The monoisotopic (exact) mass is 366 g/mol. The van der Waals surface area contributed by atoms with Gasteiger partial charge in [-0.25, -0.2) is 4.98 Å². The summed E-state index contributed by atoms with van der Waals surface area (Å²) in [4.78, 5) is 14.9. The molecule has 2 atom stereocenters. The van der Waals surface area contributed by atoms with E-state index in [1.54, 1.807) is 12.4 Å². The molecule has 0 amide bonds. The third-order valence-corrected chi connectivity index (χ3v) is 5.91. The van der Waals surface area contributed by atoms with Crippen LogP contribution in [-0.4, -0.2) is 38.4 Å². The van der Waals surface area contributed by atoms with Crippen LogP contribution in [0.4, 0.5) is 0 Å². The van der Waals surface area contributed by atoms with Crippen molar-refractivity contribution in [2.75, 3.05) is 13.1 Å². The molecule has 0 fully saturated rings. The second-order valence-electron chi connectivity index (χ2n) is 5.83. The van der Waals surface area contributed by atoms with E-state index in [9.17, 15) is 0 Å². The summed E-state index contributed by atoms with van der Waals surface area (Å²) in [6, 6.07) is 5.65. The van der Waals surface area contributed by atoms with Crippen molar-refractivity contribution < 1.29 is 0 Å². The standard InChI is InChI=1S/C16H16Cl2N4S/c1-9-7-19-16(23-9)22-5-4-13-14(21-8-20-13)15(22)11-3-2-10(17)6-12(11)18/h2-3,6,8-9,15H,4-5,7H2,1H3,(H,20,21). The molecule has 120 valence electrons. The van der Waals surface area contributed by atoms with Gasteiger partial charge in [-0.3, -0.25) is 4.99 Å². The lowest BCUT2D eigenvalue weighted by atomic mass is 9.96. The minimum absolute atomic E-state index is 0.0219. The van der Waals surface area contributed by atoms with Crippen molar-refractivity contribution in [1.29, 1.82) is 0 Å². The summed E-state index contributed by atoms with van der Waals surface area (Å²) >= 11 is 14.4. The van der Waals surface area contributed by atoms with Crippen LogP contribution >= 0.6 is 35.0 Å². The third-order valence-electron chi connectivity index (χ3n) is 4.22. The molecule has 0 aliphatic carbocycles. The van der Waals surface area contributed by atoms with E-state index in [1.807, 2.05) is 23.9 Å². The average molecular weight is 367 g/mol. The molecule has 4 nitrogen and oxygen atoms in total. The first-order valence-electron chi connectivity index (χ1n) is 7.58. The number of halogens is 2. The molecule has 1 aromatic heterocycles. The first-order valence-corrected chi connectivity index (χ1v) is 9.22. The van der Waals surface area contributed by atoms with E-state index in [0.717, 1.165) is 35.9 Å². The number of nitrogens with one attached hydrogen (secondary N) is 1.